The van der Waals surface area contributed by atoms with Crippen LogP contribution in [0.4, 0.5) is 0 Å². The third kappa shape index (κ3) is 4.69. The Morgan fingerprint density at radius 3 is 2.65 bits per heavy atom. The lowest BCUT2D eigenvalue weighted by Crippen LogP contribution is -2.25. The Hall–Kier alpha value is -1.16. The molecule has 0 radical (unpaired) electrons. The summed E-state index contributed by atoms with van der Waals surface area (Å²) < 4.78 is 7.33. The maximum Gasteiger partial charge on any atom is 0.164 e. The highest BCUT2D eigenvalue weighted by molar-refractivity contribution is 5.81. The van der Waals surface area contributed by atoms with Crippen LogP contribution in [-0.4, -0.2) is 27.8 Å². The van der Waals surface area contributed by atoms with Gasteiger partial charge in [-0.25, -0.2) is 0 Å². The second-order valence-corrected chi connectivity index (χ2v) is 5.21. The molecule has 0 saturated heterocycles. The van der Waals surface area contributed by atoms with Crippen LogP contribution < -0.4 is 0 Å². The summed E-state index contributed by atoms with van der Waals surface area (Å²) in [7, 11) is 0. The molecule has 1 aromatic rings. The molecule has 0 N–H and O–H groups in total. The van der Waals surface area contributed by atoms with Crippen molar-refractivity contribution < 1.29 is 9.53 Å². The molecule has 0 spiro atoms. The molecule has 1 heterocycles. The highest BCUT2D eigenvalue weighted by atomic mass is 16.5. The lowest BCUT2D eigenvalue weighted by Gasteiger charge is -2.18. The minimum absolute atomic E-state index is 0.0922. The maximum absolute atomic E-state index is 11.8. The summed E-state index contributed by atoms with van der Waals surface area (Å²) in [4.78, 5) is 11.8. The largest absolute Gasteiger partial charge is 0.368 e. The van der Waals surface area contributed by atoms with Crippen molar-refractivity contribution >= 4 is 5.78 Å². The molecule has 0 fully saturated rings. The molecule has 17 heavy (non-hydrogen) atoms. The Kier molecular flexibility index (Phi) is 4.46. The van der Waals surface area contributed by atoms with Crippen molar-refractivity contribution in [3.05, 3.63) is 17.5 Å². The van der Waals surface area contributed by atoms with E-state index in [1.54, 1.807) is 0 Å². The van der Waals surface area contributed by atoms with Crippen LogP contribution in [0.3, 0.4) is 0 Å². The van der Waals surface area contributed by atoms with Gasteiger partial charge in [0.1, 0.15) is 6.61 Å². The summed E-state index contributed by atoms with van der Waals surface area (Å²) in [5.41, 5.74) is 1.65. The van der Waals surface area contributed by atoms with Gasteiger partial charge in [-0.3, -0.25) is 9.48 Å². The fourth-order valence-electron chi connectivity index (χ4n) is 1.57. The van der Waals surface area contributed by atoms with E-state index in [2.05, 4.69) is 5.10 Å². The summed E-state index contributed by atoms with van der Waals surface area (Å²) in [5.74, 6) is 0.0922. The van der Waals surface area contributed by atoms with E-state index < -0.39 is 0 Å². The van der Waals surface area contributed by atoms with Crippen LogP contribution in [0.2, 0.25) is 0 Å². The molecule has 4 heteroatoms. The zero-order valence-electron chi connectivity index (χ0n) is 11.4. The molecule has 0 bridgehead atoms. The number of nitrogens with zero attached hydrogens (tertiary/aromatic N) is 2. The number of carbonyl (C=O) groups excluding carboxylic acids is 1. The molecule has 0 aliphatic heterocycles. The summed E-state index contributed by atoms with van der Waals surface area (Å²) in [5, 5.41) is 4.31. The van der Waals surface area contributed by atoms with E-state index >= 15 is 0 Å². The third-order valence-electron chi connectivity index (χ3n) is 2.33. The zero-order valence-corrected chi connectivity index (χ0v) is 11.4. The minimum Gasteiger partial charge on any atom is -0.368 e. The predicted octanol–water partition coefficient (Wildman–Crippen LogP) is 2.14. The Bertz CT molecular complexity index is 389. The summed E-state index contributed by atoms with van der Waals surface area (Å²) >= 11 is 0. The number of hydrogen-bond donors (Lipinski definition) is 0. The van der Waals surface area contributed by atoms with Crippen LogP contribution >= 0.6 is 0 Å². The molecule has 1 aromatic heterocycles. The maximum atomic E-state index is 11.8. The number of hydrogen-bond acceptors (Lipinski definition) is 3. The van der Waals surface area contributed by atoms with Gasteiger partial charge < -0.3 is 4.74 Å². The van der Waals surface area contributed by atoms with Gasteiger partial charge >= 0.3 is 0 Å². The molecule has 96 valence electrons. The van der Waals surface area contributed by atoms with Gasteiger partial charge in [0, 0.05) is 12.2 Å². The number of aromatic nitrogens is 2. The molecule has 0 aliphatic rings. The molecular weight excluding hydrogens is 216 g/mol. The second-order valence-electron chi connectivity index (χ2n) is 5.21. The first kappa shape index (κ1) is 13.9. The van der Waals surface area contributed by atoms with E-state index in [-0.39, 0.29) is 18.0 Å². The molecule has 0 aliphatic carbocycles. The van der Waals surface area contributed by atoms with Crippen LogP contribution in [0.5, 0.6) is 0 Å². The van der Waals surface area contributed by atoms with Crippen molar-refractivity contribution in [1.82, 2.24) is 9.78 Å². The first-order valence-electron chi connectivity index (χ1n) is 6.01. The summed E-state index contributed by atoms with van der Waals surface area (Å²) in [6.07, 6.45) is 0.394. The average molecular weight is 238 g/mol. The topological polar surface area (TPSA) is 44.1 Å². The Morgan fingerprint density at radius 2 is 2.12 bits per heavy atom. The minimum atomic E-state index is -0.267. The molecule has 0 saturated carbocycles. The van der Waals surface area contributed by atoms with Gasteiger partial charge in [0.2, 0.25) is 0 Å². The molecule has 4 nitrogen and oxygen atoms in total. The van der Waals surface area contributed by atoms with Crippen LogP contribution in [0, 0.1) is 6.92 Å². The molecule has 0 amide bonds. The molecule has 1 rings (SSSR count). The molecule has 0 aromatic carbocycles. The normalized spacial score (nSPS) is 11.8. The van der Waals surface area contributed by atoms with E-state index in [0.717, 1.165) is 17.9 Å². The molecule has 0 unspecified atom stereocenters. The Labute approximate surface area is 103 Å². The Morgan fingerprint density at radius 1 is 1.47 bits per heavy atom. The number of ether oxygens (including phenoxy) is 1. The van der Waals surface area contributed by atoms with Crippen molar-refractivity contribution in [2.24, 2.45) is 0 Å². The van der Waals surface area contributed by atoms with Gasteiger partial charge in [-0.2, -0.15) is 5.10 Å². The highest BCUT2D eigenvalue weighted by Gasteiger charge is 2.15. The number of ketones is 1. The fraction of sp³-hybridized carbons (Fsp3) is 0.692. The van der Waals surface area contributed by atoms with E-state index in [0.29, 0.717) is 6.42 Å². The molecule has 0 atom stereocenters. The number of aryl methyl sites for hydroxylation is 2. The number of carbonyl (C=O) groups is 1. The van der Waals surface area contributed by atoms with E-state index in [4.69, 9.17) is 4.74 Å². The standard InChI is InChI=1S/C13H22N2O2/c1-6-15-11(7-10(2)14-15)8-12(16)9-17-13(3,4)5/h7H,6,8-9H2,1-5H3. The predicted molar refractivity (Wildman–Crippen MR) is 67.1 cm³/mol. The number of rotatable bonds is 5. The molecular formula is C13H22N2O2. The quantitative estimate of drug-likeness (QED) is 0.789. The van der Waals surface area contributed by atoms with Crippen LogP contribution in [-0.2, 0) is 22.5 Å². The number of Topliss-reactive ketones (excluding diaryl/α,β-unsaturated/α-hetero) is 1. The zero-order chi connectivity index (χ0) is 13.1. The van der Waals surface area contributed by atoms with Crippen molar-refractivity contribution in [2.45, 2.75) is 53.2 Å². The van der Waals surface area contributed by atoms with Crippen LogP contribution in [0.15, 0.2) is 6.07 Å². The third-order valence-corrected chi connectivity index (χ3v) is 2.33. The van der Waals surface area contributed by atoms with Gasteiger partial charge in [0.05, 0.1) is 17.7 Å². The van der Waals surface area contributed by atoms with Crippen LogP contribution in [0.1, 0.15) is 39.1 Å². The lowest BCUT2D eigenvalue weighted by molar-refractivity contribution is -0.127. The van der Waals surface area contributed by atoms with Gasteiger partial charge in [-0.05, 0) is 40.7 Å². The van der Waals surface area contributed by atoms with Crippen molar-refractivity contribution in [1.29, 1.82) is 0 Å². The first-order chi connectivity index (χ1) is 7.81. The monoisotopic (exact) mass is 238 g/mol. The van der Waals surface area contributed by atoms with Gasteiger partial charge in [0.15, 0.2) is 5.78 Å². The lowest BCUT2D eigenvalue weighted by atomic mass is 10.2. The van der Waals surface area contributed by atoms with E-state index in [9.17, 15) is 4.79 Å². The van der Waals surface area contributed by atoms with Gasteiger partial charge in [0.25, 0.3) is 0 Å². The van der Waals surface area contributed by atoms with Crippen molar-refractivity contribution in [3.8, 4) is 0 Å². The van der Waals surface area contributed by atoms with E-state index in [1.165, 1.54) is 0 Å². The summed E-state index contributed by atoms with van der Waals surface area (Å²) in [6, 6.07) is 1.96. The van der Waals surface area contributed by atoms with Crippen LogP contribution in [0.25, 0.3) is 0 Å². The highest BCUT2D eigenvalue weighted by Crippen LogP contribution is 2.09. The van der Waals surface area contributed by atoms with Gasteiger partial charge in [-0.15, -0.1) is 0 Å². The average Bonchev–Trinajstić information content (AvgIpc) is 2.55. The van der Waals surface area contributed by atoms with Crippen molar-refractivity contribution in [2.75, 3.05) is 6.61 Å². The summed E-state index contributed by atoms with van der Waals surface area (Å²) in [6.45, 7) is 10.7. The van der Waals surface area contributed by atoms with Crippen molar-refractivity contribution in [3.63, 3.8) is 0 Å². The van der Waals surface area contributed by atoms with E-state index in [1.807, 2.05) is 45.4 Å². The smallest absolute Gasteiger partial charge is 0.164 e. The SMILES string of the molecule is CCn1nc(C)cc1CC(=O)COC(C)(C)C. The fourth-order valence-corrected chi connectivity index (χ4v) is 1.57. The first-order valence-corrected chi connectivity index (χ1v) is 6.01. The Balaban J connectivity index is 2.56. The van der Waals surface area contributed by atoms with Gasteiger partial charge in [-0.1, -0.05) is 0 Å². The second kappa shape index (κ2) is 5.45.